The molecule has 7 nitrogen and oxygen atoms in total. The van der Waals surface area contributed by atoms with Crippen LogP contribution in [0.15, 0.2) is 41.0 Å². The number of esters is 1. The lowest BCUT2D eigenvalue weighted by Gasteiger charge is -2.07. The molecular weight excluding hydrogens is 302 g/mol. The lowest BCUT2D eigenvalue weighted by atomic mass is 10.2. The number of ether oxygens (including phenoxy) is 3. The summed E-state index contributed by atoms with van der Waals surface area (Å²) in [6.07, 6.45) is 2.14. The number of hydrogen-bond donors (Lipinski definition) is 1. The molecule has 0 spiro atoms. The number of benzene rings is 1. The highest BCUT2D eigenvalue weighted by molar-refractivity contribution is 5.93. The average Bonchev–Trinajstić information content (AvgIpc) is 3.21. The molecule has 0 fully saturated rings. The largest absolute Gasteiger partial charge is 0.469 e. The number of nitrogens with one attached hydrogen (secondary N) is 1. The van der Waals surface area contributed by atoms with Crippen molar-refractivity contribution in [3.8, 4) is 11.5 Å². The summed E-state index contributed by atoms with van der Waals surface area (Å²) in [5.74, 6) is 1.02. The molecule has 0 unspecified atom stereocenters. The van der Waals surface area contributed by atoms with Crippen LogP contribution < -0.4 is 14.8 Å². The second-order valence-corrected chi connectivity index (χ2v) is 4.86. The molecule has 0 saturated carbocycles. The van der Waals surface area contributed by atoms with Gasteiger partial charge in [-0.25, -0.2) is 0 Å². The van der Waals surface area contributed by atoms with E-state index in [1.165, 1.54) is 0 Å². The van der Waals surface area contributed by atoms with Crippen LogP contribution in [-0.4, -0.2) is 25.3 Å². The lowest BCUT2D eigenvalue weighted by molar-refractivity contribution is -0.147. The van der Waals surface area contributed by atoms with Crippen molar-refractivity contribution in [2.45, 2.75) is 12.8 Å². The fourth-order valence-corrected chi connectivity index (χ4v) is 2.07. The lowest BCUT2D eigenvalue weighted by Crippen LogP contribution is -2.21. The van der Waals surface area contributed by atoms with E-state index in [1.54, 1.807) is 36.6 Å². The minimum absolute atomic E-state index is 0.158. The maximum absolute atomic E-state index is 11.8. The standard InChI is InChI=1S/C16H15NO6/c18-15(9-21-16(19)6-4-12-2-1-7-20-12)17-11-3-5-13-14(8-11)23-10-22-13/h1-3,5,7-8H,4,6,9-10H2,(H,17,18). The first-order chi connectivity index (χ1) is 11.2. The van der Waals surface area contributed by atoms with Crippen molar-refractivity contribution in [3.05, 3.63) is 42.4 Å². The Bertz CT molecular complexity index is 695. The predicted molar refractivity (Wildman–Crippen MR) is 79.2 cm³/mol. The van der Waals surface area contributed by atoms with Crippen LogP contribution in [0.25, 0.3) is 0 Å². The number of carbonyl (C=O) groups excluding carboxylic acids is 2. The third-order valence-electron chi connectivity index (χ3n) is 3.18. The zero-order valence-corrected chi connectivity index (χ0v) is 12.2. The van der Waals surface area contributed by atoms with Crippen LogP contribution in [0.1, 0.15) is 12.2 Å². The van der Waals surface area contributed by atoms with E-state index in [0.29, 0.717) is 29.4 Å². The van der Waals surface area contributed by atoms with Gasteiger partial charge >= 0.3 is 5.97 Å². The summed E-state index contributed by atoms with van der Waals surface area (Å²) < 4.78 is 20.4. The van der Waals surface area contributed by atoms with E-state index >= 15 is 0 Å². The van der Waals surface area contributed by atoms with Gasteiger partial charge in [0.25, 0.3) is 5.91 Å². The highest BCUT2D eigenvalue weighted by atomic mass is 16.7. The van der Waals surface area contributed by atoms with E-state index in [9.17, 15) is 9.59 Å². The van der Waals surface area contributed by atoms with Gasteiger partial charge < -0.3 is 23.9 Å². The Morgan fingerprint density at radius 3 is 2.87 bits per heavy atom. The van der Waals surface area contributed by atoms with Crippen LogP contribution in [0, 0.1) is 0 Å². The number of fused-ring (bicyclic) bond motifs is 1. The van der Waals surface area contributed by atoms with Gasteiger partial charge in [0, 0.05) is 18.2 Å². The second kappa shape index (κ2) is 6.87. The predicted octanol–water partition coefficient (Wildman–Crippen LogP) is 2.12. The quantitative estimate of drug-likeness (QED) is 0.821. The summed E-state index contributed by atoms with van der Waals surface area (Å²) in [6.45, 7) is -0.175. The molecule has 0 aliphatic carbocycles. The summed E-state index contributed by atoms with van der Waals surface area (Å²) in [5, 5.41) is 2.63. The Balaban J connectivity index is 1.41. The number of amides is 1. The van der Waals surface area contributed by atoms with Gasteiger partial charge in [-0.05, 0) is 24.3 Å². The Morgan fingerprint density at radius 2 is 2.04 bits per heavy atom. The Kier molecular flexibility index (Phi) is 4.46. The molecule has 1 N–H and O–H groups in total. The van der Waals surface area contributed by atoms with Crippen LogP contribution in [0.3, 0.4) is 0 Å². The van der Waals surface area contributed by atoms with E-state index in [0.717, 1.165) is 0 Å². The molecule has 1 aliphatic heterocycles. The monoisotopic (exact) mass is 317 g/mol. The average molecular weight is 317 g/mol. The Labute approximate surface area is 132 Å². The van der Waals surface area contributed by atoms with E-state index < -0.39 is 11.9 Å². The van der Waals surface area contributed by atoms with Gasteiger partial charge in [0.05, 0.1) is 12.7 Å². The molecule has 120 valence electrons. The molecule has 0 radical (unpaired) electrons. The zero-order valence-electron chi connectivity index (χ0n) is 12.2. The first-order valence-electron chi connectivity index (χ1n) is 7.08. The molecule has 0 bridgehead atoms. The molecular formula is C16H15NO6. The Morgan fingerprint density at radius 1 is 1.17 bits per heavy atom. The van der Waals surface area contributed by atoms with Gasteiger partial charge in [0.2, 0.25) is 6.79 Å². The molecule has 1 aliphatic rings. The van der Waals surface area contributed by atoms with Gasteiger partial charge in [-0.15, -0.1) is 0 Å². The van der Waals surface area contributed by atoms with Gasteiger partial charge in [-0.2, -0.15) is 0 Å². The molecule has 0 atom stereocenters. The second-order valence-electron chi connectivity index (χ2n) is 4.86. The molecule has 1 aromatic heterocycles. The molecule has 7 heteroatoms. The van der Waals surface area contributed by atoms with Crippen LogP contribution in [0.2, 0.25) is 0 Å². The molecule has 2 heterocycles. The first-order valence-corrected chi connectivity index (χ1v) is 7.08. The minimum atomic E-state index is -0.456. The summed E-state index contributed by atoms with van der Waals surface area (Å²) >= 11 is 0. The summed E-state index contributed by atoms with van der Waals surface area (Å²) in [7, 11) is 0. The smallest absolute Gasteiger partial charge is 0.306 e. The van der Waals surface area contributed by atoms with Crippen molar-refractivity contribution >= 4 is 17.6 Å². The number of furan rings is 1. The van der Waals surface area contributed by atoms with E-state index in [1.807, 2.05) is 0 Å². The number of carbonyl (C=O) groups is 2. The fraction of sp³-hybridized carbons (Fsp3) is 0.250. The molecule has 1 aromatic carbocycles. The maximum Gasteiger partial charge on any atom is 0.306 e. The van der Waals surface area contributed by atoms with Crippen LogP contribution in [0.5, 0.6) is 11.5 Å². The third kappa shape index (κ3) is 4.03. The van der Waals surface area contributed by atoms with Gasteiger partial charge in [-0.1, -0.05) is 0 Å². The zero-order chi connectivity index (χ0) is 16.1. The highest BCUT2D eigenvalue weighted by Gasteiger charge is 2.14. The van der Waals surface area contributed by atoms with Crippen LogP contribution >= 0.6 is 0 Å². The third-order valence-corrected chi connectivity index (χ3v) is 3.18. The highest BCUT2D eigenvalue weighted by Crippen LogP contribution is 2.34. The SMILES string of the molecule is O=C(COC(=O)CCc1ccco1)Nc1ccc2c(c1)OCO2. The summed E-state index contributed by atoms with van der Waals surface area (Å²) in [4.78, 5) is 23.3. The number of rotatable bonds is 6. The fourth-order valence-electron chi connectivity index (χ4n) is 2.07. The van der Waals surface area contributed by atoms with Gasteiger partial charge in [0.15, 0.2) is 18.1 Å². The number of aryl methyl sites for hydroxylation is 1. The number of anilines is 1. The first kappa shape index (κ1) is 15.0. The summed E-state index contributed by atoms with van der Waals surface area (Å²) in [6, 6.07) is 8.57. The topological polar surface area (TPSA) is 87.0 Å². The van der Waals surface area contributed by atoms with Crippen molar-refractivity contribution < 1.29 is 28.2 Å². The van der Waals surface area contributed by atoms with E-state index in [2.05, 4.69) is 5.32 Å². The molecule has 0 saturated heterocycles. The van der Waals surface area contributed by atoms with E-state index in [-0.39, 0.29) is 19.8 Å². The van der Waals surface area contributed by atoms with Gasteiger partial charge in [-0.3, -0.25) is 9.59 Å². The number of hydrogen-bond acceptors (Lipinski definition) is 6. The van der Waals surface area contributed by atoms with Crippen LogP contribution in [0.4, 0.5) is 5.69 Å². The van der Waals surface area contributed by atoms with Crippen molar-refractivity contribution in [1.29, 1.82) is 0 Å². The molecule has 23 heavy (non-hydrogen) atoms. The van der Waals surface area contributed by atoms with Crippen molar-refractivity contribution in [3.63, 3.8) is 0 Å². The molecule has 3 rings (SSSR count). The normalized spacial score (nSPS) is 12.0. The minimum Gasteiger partial charge on any atom is -0.469 e. The summed E-state index contributed by atoms with van der Waals surface area (Å²) in [5.41, 5.74) is 0.547. The van der Waals surface area contributed by atoms with Gasteiger partial charge in [0.1, 0.15) is 5.76 Å². The van der Waals surface area contributed by atoms with Crippen molar-refractivity contribution in [1.82, 2.24) is 0 Å². The molecule has 1 amide bonds. The van der Waals surface area contributed by atoms with Crippen molar-refractivity contribution in [2.75, 3.05) is 18.7 Å². The van der Waals surface area contributed by atoms with Crippen LogP contribution in [-0.2, 0) is 20.7 Å². The Hall–Kier alpha value is -2.96. The van der Waals surface area contributed by atoms with Crippen molar-refractivity contribution in [2.24, 2.45) is 0 Å². The molecule has 2 aromatic rings. The maximum atomic E-state index is 11.8. The van der Waals surface area contributed by atoms with E-state index in [4.69, 9.17) is 18.6 Å².